The Labute approximate surface area is 173 Å². The quantitative estimate of drug-likeness (QED) is 0.576. The fourth-order valence-corrected chi connectivity index (χ4v) is 4.94. The van der Waals surface area contributed by atoms with Gasteiger partial charge >= 0.3 is 0 Å². The maximum absolute atomic E-state index is 15.0. The molecule has 2 aliphatic carbocycles. The number of hydrogen-bond acceptors (Lipinski definition) is 5. The van der Waals surface area contributed by atoms with Crippen LogP contribution in [0.25, 0.3) is 21.9 Å². The van der Waals surface area contributed by atoms with Gasteiger partial charge in [0.2, 0.25) is 5.91 Å². The number of rotatable bonds is 3. The maximum Gasteiger partial charge on any atom is 0.229 e. The second-order valence-corrected chi connectivity index (χ2v) is 8.39. The molecule has 5 rings (SSSR count). The summed E-state index contributed by atoms with van der Waals surface area (Å²) in [5, 5.41) is 14.2. The van der Waals surface area contributed by atoms with Crippen LogP contribution in [0.4, 0.5) is 15.9 Å². The lowest BCUT2D eigenvalue weighted by atomic mass is 9.98. The molecule has 30 heavy (non-hydrogen) atoms. The van der Waals surface area contributed by atoms with Gasteiger partial charge in [-0.2, -0.15) is 0 Å². The lowest BCUT2D eigenvalue weighted by Crippen LogP contribution is -2.19. The van der Waals surface area contributed by atoms with E-state index in [1.807, 2.05) is 13.0 Å². The average Bonchev–Trinajstić information content (AvgIpc) is 3.47. The molecule has 1 amide bonds. The third-order valence-electron chi connectivity index (χ3n) is 6.59. The number of anilines is 2. The number of amides is 1. The Morgan fingerprint density at radius 3 is 2.87 bits per heavy atom. The minimum absolute atomic E-state index is 0.0208. The van der Waals surface area contributed by atoms with Crippen molar-refractivity contribution in [1.29, 1.82) is 0 Å². The molecule has 2 fully saturated rings. The van der Waals surface area contributed by atoms with Crippen LogP contribution in [0.2, 0.25) is 0 Å². The molecule has 7 heteroatoms. The third kappa shape index (κ3) is 3.01. The smallest absolute Gasteiger partial charge is 0.229 e. The van der Waals surface area contributed by atoms with Crippen LogP contribution in [-0.4, -0.2) is 27.1 Å². The maximum atomic E-state index is 15.0. The molecule has 2 heterocycles. The van der Waals surface area contributed by atoms with E-state index in [1.165, 1.54) is 6.20 Å². The zero-order chi connectivity index (χ0) is 21.0. The lowest BCUT2D eigenvalue weighted by Gasteiger charge is -2.14. The molecule has 4 atom stereocenters. The number of hydrogen-bond donors (Lipinski definition) is 3. The van der Waals surface area contributed by atoms with Crippen molar-refractivity contribution in [2.24, 2.45) is 17.8 Å². The predicted molar refractivity (Wildman–Crippen MR) is 113 cm³/mol. The summed E-state index contributed by atoms with van der Waals surface area (Å²) in [6.45, 7) is 1.89. The molecule has 0 radical (unpaired) electrons. The Morgan fingerprint density at radius 2 is 2.10 bits per heavy atom. The molecule has 0 unspecified atom stereocenters. The molecule has 2 aliphatic rings. The standard InChI is InChI=1S/C23H23FN4O2/c1-11-5-6-26-9-15(11)14-7-12-8-18(27-10-16(12)22(25)21(14)24)28-23(30)20-13-3-2-4-17(29)19(13)20/h5-10,13,17,19-20,29H,2-4,25H2,1H3,(H,27,28,30)/t13-,17-,19-,20+/m0/s1. The van der Waals surface area contributed by atoms with Gasteiger partial charge in [0.05, 0.1) is 11.8 Å². The first-order chi connectivity index (χ1) is 14.5. The van der Waals surface area contributed by atoms with E-state index in [0.29, 0.717) is 27.7 Å². The van der Waals surface area contributed by atoms with Crippen molar-refractivity contribution in [2.45, 2.75) is 32.3 Å². The largest absolute Gasteiger partial charge is 0.396 e. The molecule has 154 valence electrons. The number of nitrogen functional groups attached to an aromatic ring is 1. The number of aromatic nitrogens is 2. The molecule has 2 saturated carbocycles. The second kappa shape index (κ2) is 7.02. The molecule has 1 aromatic carbocycles. The number of aliphatic hydroxyl groups excluding tert-OH is 1. The topological polar surface area (TPSA) is 101 Å². The summed E-state index contributed by atoms with van der Waals surface area (Å²) < 4.78 is 15.0. The number of carbonyl (C=O) groups is 1. The molecule has 0 aliphatic heterocycles. The highest BCUT2D eigenvalue weighted by molar-refractivity contribution is 6.00. The summed E-state index contributed by atoms with van der Waals surface area (Å²) >= 11 is 0. The Bertz CT molecular complexity index is 1170. The Hall–Kier alpha value is -3.06. The number of nitrogens with one attached hydrogen (secondary N) is 1. The Morgan fingerprint density at radius 1 is 1.27 bits per heavy atom. The molecule has 4 N–H and O–H groups in total. The SMILES string of the molecule is Cc1ccncc1-c1cc2cc(NC(=O)[C@@H]3[C@H]4CCC[C@H](O)[C@H]43)ncc2c(N)c1F. The zero-order valence-corrected chi connectivity index (χ0v) is 16.6. The van der Waals surface area contributed by atoms with E-state index in [2.05, 4.69) is 15.3 Å². The highest BCUT2D eigenvalue weighted by Crippen LogP contribution is 2.55. The van der Waals surface area contributed by atoms with E-state index in [-0.39, 0.29) is 29.3 Å². The monoisotopic (exact) mass is 406 g/mol. The fraction of sp³-hybridized carbons (Fsp3) is 0.348. The molecular weight excluding hydrogens is 383 g/mol. The highest BCUT2D eigenvalue weighted by Gasteiger charge is 2.58. The van der Waals surface area contributed by atoms with Crippen molar-refractivity contribution in [1.82, 2.24) is 9.97 Å². The highest BCUT2D eigenvalue weighted by atomic mass is 19.1. The van der Waals surface area contributed by atoms with Crippen molar-refractivity contribution in [3.05, 3.63) is 48.2 Å². The van der Waals surface area contributed by atoms with E-state index in [4.69, 9.17) is 5.73 Å². The number of nitrogens with two attached hydrogens (primary N) is 1. The van der Waals surface area contributed by atoms with Crippen molar-refractivity contribution in [2.75, 3.05) is 11.1 Å². The van der Waals surface area contributed by atoms with Gasteiger partial charge in [0.1, 0.15) is 5.82 Å². The number of carbonyl (C=O) groups excluding carboxylic acids is 1. The fourth-order valence-electron chi connectivity index (χ4n) is 4.94. The first kappa shape index (κ1) is 18.9. The van der Waals surface area contributed by atoms with Gasteiger partial charge in [-0.05, 0) is 54.8 Å². The van der Waals surface area contributed by atoms with Gasteiger partial charge in [0.25, 0.3) is 0 Å². The van der Waals surface area contributed by atoms with Crippen molar-refractivity contribution >= 4 is 28.2 Å². The lowest BCUT2D eigenvalue weighted by molar-refractivity contribution is -0.118. The number of fused-ring (bicyclic) bond motifs is 2. The van der Waals surface area contributed by atoms with Gasteiger partial charge in [0, 0.05) is 46.9 Å². The van der Waals surface area contributed by atoms with Crippen LogP contribution in [0.3, 0.4) is 0 Å². The molecule has 2 aromatic heterocycles. The van der Waals surface area contributed by atoms with Crippen LogP contribution in [0, 0.1) is 30.5 Å². The summed E-state index contributed by atoms with van der Waals surface area (Å²) in [4.78, 5) is 21.1. The van der Waals surface area contributed by atoms with Crippen LogP contribution in [0.15, 0.2) is 36.8 Å². The summed E-state index contributed by atoms with van der Waals surface area (Å²) in [7, 11) is 0. The number of aryl methyl sites for hydroxylation is 1. The number of pyridine rings is 2. The van der Waals surface area contributed by atoms with E-state index >= 15 is 0 Å². The average molecular weight is 406 g/mol. The molecule has 6 nitrogen and oxygen atoms in total. The summed E-state index contributed by atoms with van der Waals surface area (Å²) in [6, 6.07) is 5.24. The van der Waals surface area contributed by atoms with E-state index < -0.39 is 11.9 Å². The van der Waals surface area contributed by atoms with Gasteiger partial charge in [-0.3, -0.25) is 9.78 Å². The van der Waals surface area contributed by atoms with Crippen molar-refractivity contribution < 1.29 is 14.3 Å². The zero-order valence-electron chi connectivity index (χ0n) is 16.6. The van der Waals surface area contributed by atoms with E-state index in [1.54, 1.807) is 24.5 Å². The Kier molecular flexibility index (Phi) is 4.43. The van der Waals surface area contributed by atoms with Crippen molar-refractivity contribution in [3.8, 4) is 11.1 Å². The summed E-state index contributed by atoms with van der Waals surface area (Å²) in [5.74, 6) is -0.0648. The van der Waals surface area contributed by atoms with Gasteiger partial charge in [0.15, 0.2) is 5.82 Å². The first-order valence-corrected chi connectivity index (χ1v) is 10.2. The normalized spacial score (nSPS) is 25.0. The van der Waals surface area contributed by atoms with Gasteiger partial charge in [-0.25, -0.2) is 9.37 Å². The molecule has 0 spiro atoms. The molecule has 0 bridgehead atoms. The summed E-state index contributed by atoms with van der Waals surface area (Å²) in [5.41, 5.74) is 8.00. The van der Waals surface area contributed by atoms with Gasteiger partial charge in [-0.15, -0.1) is 0 Å². The second-order valence-electron chi connectivity index (χ2n) is 8.39. The predicted octanol–water partition coefficient (Wildman–Crippen LogP) is 3.67. The number of benzene rings is 1. The van der Waals surface area contributed by atoms with Crippen LogP contribution in [-0.2, 0) is 4.79 Å². The number of halogens is 1. The van der Waals surface area contributed by atoms with Crippen LogP contribution in [0.5, 0.6) is 0 Å². The van der Waals surface area contributed by atoms with E-state index in [0.717, 1.165) is 24.8 Å². The molecular formula is C23H23FN4O2. The molecule has 0 saturated heterocycles. The van der Waals surface area contributed by atoms with Gasteiger partial charge < -0.3 is 16.2 Å². The minimum Gasteiger partial charge on any atom is -0.396 e. The van der Waals surface area contributed by atoms with Gasteiger partial charge in [-0.1, -0.05) is 6.42 Å². The third-order valence-corrected chi connectivity index (χ3v) is 6.59. The Balaban J connectivity index is 1.47. The van der Waals surface area contributed by atoms with E-state index in [9.17, 15) is 14.3 Å². The first-order valence-electron chi connectivity index (χ1n) is 10.2. The van der Waals surface area contributed by atoms with Crippen molar-refractivity contribution in [3.63, 3.8) is 0 Å². The number of nitrogens with zero attached hydrogens (tertiary/aromatic N) is 2. The minimum atomic E-state index is -0.506. The van der Waals surface area contributed by atoms with Crippen LogP contribution < -0.4 is 11.1 Å². The van der Waals surface area contributed by atoms with Crippen LogP contribution in [0.1, 0.15) is 24.8 Å². The van der Waals surface area contributed by atoms with Crippen LogP contribution >= 0.6 is 0 Å². The molecule has 3 aromatic rings. The summed E-state index contributed by atoms with van der Waals surface area (Å²) in [6.07, 6.45) is 7.07. The number of aliphatic hydroxyl groups is 1.